The summed E-state index contributed by atoms with van der Waals surface area (Å²) in [5.41, 5.74) is 3.38. The molecule has 4 heteroatoms. The van der Waals surface area contributed by atoms with Crippen LogP contribution in [0.15, 0.2) is 60.7 Å². The number of hydrogen-bond acceptors (Lipinski definition) is 2. The third-order valence-electron chi connectivity index (χ3n) is 5.02. The van der Waals surface area contributed by atoms with Gasteiger partial charge in [0.1, 0.15) is 0 Å². The molecule has 140 valence electrons. The fraction of sp³-hybridized carbons (Fsp3) is 0.304. The minimum atomic E-state index is -0.0275. The highest BCUT2D eigenvalue weighted by molar-refractivity contribution is 6.07. The monoisotopic (exact) mass is 362 g/mol. The Morgan fingerprint density at radius 3 is 2.44 bits per heavy atom. The van der Waals surface area contributed by atoms with Gasteiger partial charge in [0.25, 0.3) is 5.91 Å². The van der Waals surface area contributed by atoms with E-state index in [-0.39, 0.29) is 5.91 Å². The topological polar surface area (TPSA) is 46.4 Å². The van der Waals surface area contributed by atoms with Gasteiger partial charge in [0.05, 0.1) is 36.4 Å². The van der Waals surface area contributed by atoms with E-state index in [0.29, 0.717) is 12.1 Å². The van der Waals surface area contributed by atoms with Crippen LogP contribution in [-0.2, 0) is 0 Å². The van der Waals surface area contributed by atoms with Gasteiger partial charge in [-0.1, -0.05) is 48.5 Å². The molecule has 1 aromatic heterocycles. The average molecular weight is 362 g/mol. The first-order valence-corrected chi connectivity index (χ1v) is 9.80. The van der Waals surface area contributed by atoms with Gasteiger partial charge in [-0.15, -0.1) is 0 Å². The summed E-state index contributed by atoms with van der Waals surface area (Å²) in [6.45, 7) is 8.43. The lowest BCUT2D eigenvalue weighted by atomic mass is 10.0. The van der Waals surface area contributed by atoms with Crippen molar-refractivity contribution in [1.29, 1.82) is 0 Å². The molecule has 0 fully saturated rings. The molecule has 0 spiro atoms. The van der Waals surface area contributed by atoms with E-state index >= 15 is 0 Å². The molecule has 3 rings (SSSR count). The lowest BCUT2D eigenvalue weighted by Gasteiger charge is -2.15. The maximum atomic E-state index is 12.9. The first-order chi connectivity index (χ1) is 13.2. The van der Waals surface area contributed by atoms with E-state index in [1.807, 2.05) is 60.7 Å². The molecular formula is C23H28N3O+. The van der Waals surface area contributed by atoms with Crippen molar-refractivity contribution in [3.05, 3.63) is 66.2 Å². The number of aromatic nitrogens is 1. The van der Waals surface area contributed by atoms with Crippen molar-refractivity contribution in [2.45, 2.75) is 20.3 Å². The Morgan fingerprint density at radius 1 is 1.00 bits per heavy atom. The van der Waals surface area contributed by atoms with Crippen molar-refractivity contribution < 1.29 is 9.69 Å². The van der Waals surface area contributed by atoms with Crippen LogP contribution < -0.4 is 10.2 Å². The molecule has 0 saturated heterocycles. The van der Waals surface area contributed by atoms with Crippen molar-refractivity contribution in [1.82, 2.24) is 10.3 Å². The molecule has 0 radical (unpaired) electrons. The predicted molar refractivity (Wildman–Crippen MR) is 111 cm³/mol. The Kier molecular flexibility index (Phi) is 6.55. The van der Waals surface area contributed by atoms with Crippen LogP contribution in [0.2, 0.25) is 0 Å². The summed E-state index contributed by atoms with van der Waals surface area (Å²) in [5.74, 6) is -0.0275. The summed E-state index contributed by atoms with van der Waals surface area (Å²) < 4.78 is 0. The zero-order chi connectivity index (χ0) is 19.1. The molecule has 3 aromatic rings. The van der Waals surface area contributed by atoms with Crippen LogP contribution in [0.4, 0.5) is 0 Å². The number of quaternary nitrogens is 1. The number of carbonyl (C=O) groups is 1. The molecule has 1 amide bonds. The lowest BCUT2D eigenvalue weighted by molar-refractivity contribution is -0.896. The highest BCUT2D eigenvalue weighted by Crippen LogP contribution is 2.24. The van der Waals surface area contributed by atoms with Crippen molar-refractivity contribution in [2.75, 3.05) is 26.2 Å². The maximum Gasteiger partial charge on any atom is 0.252 e. The number of benzene rings is 2. The van der Waals surface area contributed by atoms with Crippen LogP contribution in [0.1, 0.15) is 30.6 Å². The van der Waals surface area contributed by atoms with E-state index in [2.05, 4.69) is 19.2 Å². The fourth-order valence-electron chi connectivity index (χ4n) is 3.36. The van der Waals surface area contributed by atoms with Gasteiger partial charge in [-0.05, 0) is 26.0 Å². The third-order valence-corrected chi connectivity index (χ3v) is 5.02. The van der Waals surface area contributed by atoms with Gasteiger partial charge >= 0.3 is 0 Å². The second-order valence-corrected chi connectivity index (χ2v) is 6.75. The molecule has 27 heavy (non-hydrogen) atoms. The van der Waals surface area contributed by atoms with Gasteiger partial charge in [-0.3, -0.25) is 4.79 Å². The Morgan fingerprint density at radius 2 is 1.70 bits per heavy atom. The first kappa shape index (κ1) is 19.1. The normalized spacial score (nSPS) is 11.1. The number of rotatable bonds is 8. The average Bonchev–Trinajstić information content (AvgIpc) is 2.73. The minimum Gasteiger partial charge on any atom is -0.352 e. The standard InChI is InChI=1S/C23H27N3O/c1-3-26(4-2)16-10-15-24-23(27)20-17-22(18-11-6-5-7-12-18)25-21-14-9-8-13-19(20)21/h5-9,11-14,17H,3-4,10,15-16H2,1-2H3,(H,24,27)/p+1. The summed E-state index contributed by atoms with van der Waals surface area (Å²) in [7, 11) is 0. The van der Waals surface area contributed by atoms with E-state index < -0.39 is 0 Å². The van der Waals surface area contributed by atoms with Crippen LogP contribution in [0, 0.1) is 0 Å². The number of para-hydroxylation sites is 1. The summed E-state index contributed by atoms with van der Waals surface area (Å²) in [6.07, 6.45) is 0.983. The summed E-state index contributed by atoms with van der Waals surface area (Å²) >= 11 is 0. The highest BCUT2D eigenvalue weighted by Gasteiger charge is 2.13. The number of hydrogen-bond donors (Lipinski definition) is 2. The van der Waals surface area contributed by atoms with Gasteiger partial charge in [0.15, 0.2) is 0 Å². The zero-order valence-corrected chi connectivity index (χ0v) is 16.2. The van der Waals surface area contributed by atoms with E-state index in [1.54, 1.807) is 4.90 Å². The fourth-order valence-corrected chi connectivity index (χ4v) is 3.36. The molecular weight excluding hydrogens is 334 g/mol. The van der Waals surface area contributed by atoms with Crippen molar-refractivity contribution >= 4 is 16.8 Å². The number of fused-ring (bicyclic) bond motifs is 1. The minimum absolute atomic E-state index is 0.0275. The number of carbonyl (C=O) groups excluding carboxylic acids is 1. The lowest BCUT2D eigenvalue weighted by Crippen LogP contribution is -3.11. The van der Waals surface area contributed by atoms with Gasteiger partial charge in [0, 0.05) is 23.9 Å². The van der Waals surface area contributed by atoms with E-state index in [0.717, 1.165) is 48.2 Å². The van der Waals surface area contributed by atoms with Crippen molar-refractivity contribution in [3.63, 3.8) is 0 Å². The predicted octanol–water partition coefficient (Wildman–Crippen LogP) is 2.95. The van der Waals surface area contributed by atoms with E-state index in [1.165, 1.54) is 0 Å². The van der Waals surface area contributed by atoms with Gasteiger partial charge in [-0.25, -0.2) is 4.98 Å². The molecule has 0 aliphatic carbocycles. The first-order valence-electron chi connectivity index (χ1n) is 9.80. The van der Waals surface area contributed by atoms with Crippen molar-refractivity contribution in [2.24, 2.45) is 0 Å². The second-order valence-electron chi connectivity index (χ2n) is 6.75. The second kappa shape index (κ2) is 9.28. The molecule has 0 saturated carbocycles. The molecule has 2 N–H and O–H groups in total. The number of nitrogens with one attached hydrogen (secondary N) is 2. The van der Waals surface area contributed by atoms with Crippen LogP contribution in [-0.4, -0.2) is 37.1 Å². The smallest absolute Gasteiger partial charge is 0.252 e. The van der Waals surface area contributed by atoms with Crippen molar-refractivity contribution in [3.8, 4) is 11.3 Å². The van der Waals surface area contributed by atoms with Crippen LogP contribution in [0.3, 0.4) is 0 Å². The molecule has 4 nitrogen and oxygen atoms in total. The van der Waals surface area contributed by atoms with Crippen LogP contribution in [0.5, 0.6) is 0 Å². The number of amides is 1. The summed E-state index contributed by atoms with van der Waals surface area (Å²) in [5, 5.41) is 3.99. The summed E-state index contributed by atoms with van der Waals surface area (Å²) in [4.78, 5) is 19.2. The van der Waals surface area contributed by atoms with Gasteiger partial charge in [0.2, 0.25) is 0 Å². The summed E-state index contributed by atoms with van der Waals surface area (Å²) in [6, 6.07) is 19.7. The van der Waals surface area contributed by atoms with Crippen LogP contribution >= 0.6 is 0 Å². The quantitative estimate of drug-likeness (QED) is 0.605. The Hall–Kier alpha value is -2.72. The molecule has 1 heterocycles. The largest absolute Gasteiger partial charge is 0.352 e. The van der Waals surface area contributed by atoms with Crippen LogP contribution in [0.25, 0.3) is 22.2 Å². The van der Waals surface area contributed by atoms with Gasteiger partial charge in [-0.2, -0.15) is 0 Å². The number of nitrogens with zero attached hydrogens (tertiary/aromatic N) is 1. The maximum absolute atomic E-state index is 12.9. The molecule has 0 aliphatic rings. The Balaban J connectivity index is 1.81. The van der Waals surface area contributed by atoms with E-state index in [4.69, 9.17) is 4.98 Å². The Labute approximate surface area is 161 Å². The zero-order valence-electron chi connectivity index (χ0n) is 16.2. The molecule has 2 aromatic carbocycles. The molecule has 0 bridgehead atoms. The molecule has 0 atom stereocenters. The molecule has 0 aliphatic heterocycles. The SMILES string of the molecule is CC[NH+](CC)CCCNC(=O)c1cc(-c2ccccc2)nc2ccccc12. The highest BCUT2D eigenvalue weighted by atomic mass is 16.1. The van der Waals surface area contributed by atoms with E-state index in [9.17, 15) is 4.79 Å². The number of pyridine rings is 1. The Bertz CT molecular complexity index is 889. The third kappa shape index (κ3) is 4.72. The van der Waals surface area contributed by atoms with Gasteiger partial charge < -0.3 is 10.2 Å². The molecule has 0 unspecified atom stereocenters.